The van der Waals surface area contributed by atoms with Crippen LogP contribution in [0.4, 0.5) is 0 Å². The third kappa shape index (κ3) is 6.94. The lowest BCUT2D eigenvalue weighted by Crippen LogP contribution is -2.63. The minimum absolute atomic E-state index is 0.101. The molecule has 3 saturated heterocycles. The summed E-state index contributed by atoms with van der Waals surface area (Å²) in [7, 11) is 1.59. The molecule has 6 atom stereocenters. The van der Waals surface area contributed by atoms with Crippen molar-refractivity contribution in [2.45, 2.75) is 37.0 Å². The van der Waals surface area contributed by atoms with Gasteiger partial charge in [0, 0.05) is 32.3 Å². The van der Waals surface area contributed by atoms with E-state index in [1.54, 1.807) is 7.11 Å². The maximum Gasteiger partial charge on any atom is 0.186 e. The van der Waals surface area contributed by atoms with E-state index < -0.39 is 30.9 Å². The minimum Gasteiger partial charge on any atom is -0.395 e. The molecule has 0 radical (unpaired) electrons. The highest BCUT2D eigenvalue weighted by molar-refractivity contribution is 5.16. The van der Waals surface area contributed by atoms with E-state index in [9.17, 15) is 5.11 Å². The Morgan fingerprint density at radius 2 is 1.56 bits per heavy atom. The smallest absolute Gasteiger partial charge is 0.186 e. The maximum absolute atomic E-state index is 9.27. The van der Waals surface area contributed by atoms with Gasteiger partial charge in [-0.2, -0.15) is 0 Å². The SMILES string of the molecule is CO[C@H]1O[C@@H]2CO[C@@H](c3ccccc3)O[C@H]2[C@@H]2OCCOCCN(CCO)CCOCCO[C@@H]12. The topological polar surface area (TPSA) is 97.3 Å². The van der Waals surface area contributed by atoms with E-state index >= 15 is 0 Å². The first-order valence-electron chi connectivity index (χ1n) is 12.0. The minimum atomic E-state index is -0.622. The van der Waals surface area contributed by atoms with Crippen LogP contribution in [0.15, 0.2) is 30.3 Å². The highest BCUT2D eigenvalue weighted by atomic mass is 16.8. The predicted molar refractivity (Wildman–Crippen MR) is 120 cm³/mol. The van der Waals surface area contributed by atoms with Crippen LogP contribution in [-0.2, 0) is 37.9 Å². The number of aliphatic hydroxyl groups is 1. The van der Waals surface area contributed by atoms with E-state index in [-0.39, 0.29) is 12.7 Å². The molecule has 3 heterocycles. The molecule has 1 N–H and O–H groups in total. The summed E-state index contributed by atoms with van der Waals surface area (Å²) in [6, 6.07) is 9.82. The van der Waals surface area contributed by atoms with Gasteiger partial charge in [-0.3, -0.25) is 4.90 Å². The third-order valence-electron chi connectivity index (χ3n) is 6.18. The zero-order valence-corrected chi connectivity index (χ0v) is 19.8. The van der Waals surface area contributed by atoms with Gasteiger partial charge >= 0.3 is 0 Å². The fraction of sp³-hybridized carbons (Fsp3) is 0.750. The van der Waals surface area contributed by atoms with Gasteiger partial charge in [0.1, 0.15) is 24.4 Å². The zero-order chi connectivity index (χ0) is 23.6. The fourth-order valence-corrected chi connectivity index (χ4v) is 4.44. The van der Waals surface area contributed by atoms with Gasteiger partial charge in [-0.05, 0) is 0 Å². The Hall–Kier alpha value is -1.18. The van der Waals surface area contributed by atoms with Crippen LogP contribution < -0.4 is 0 Å². The Morgan fingerprint density at radius 3 is 2.24 bits per heavy atom. The molecule has 1 aromatic carbocycles. The van der Waals surface area contributed by atoms with Gasteiger partial charge in [-0.1, -0.05) is 30.3 Å². The molecule has 10 nitrogen and oxygen atoms in total. The molecule has 0 aliphatic carbocycles. The summed E-state index contributed by atoms with van der Waals surface area (Å²) in [5.74, 6) is 0. The van der Waals surface area contributed by atoms with Gasteiger partial charge in [0.05, 0.1) is 52.9 Å². The van der Waals surface area contributed by atoms with Gasteiger partial charge in [0.15, 0.2) is 12.6 Å². The van der Waals surface area contributed by atoms with E-state index in [1.807, 2.05) is 30.3 Å². The van der Waals surface area contributed by atoms with Crippen LogP contribution in [0, 0.1) is 0 Å². The molecule has 3 aliphatic rings. The van der Waals surface area contributed by atoms with Crippen molar-refractivity contribution in [3.8, 4) is 0 Å². The monoisotopic (exact) mass is 483 g/mol. The quantitative estimate of drug-likeness (QED) is 0.655. The second kappa shape index (κ2) is 13.8. The molecule has 0 aromatic heterocycles. The molecule has 1 aromatic rings. The molecular formula is C24H37NO9. The van der Waals surface area contributed by atoms with Gasteiger partial charge in [0.2, 0.25) is 0 Å². The summed E-state index contributed by atoms with van der Waals surface area (Å²) in [6.07, 6.45) is -2.81. The summed E-state index contributed by atoms with van der Waals surface area (Å²) < 4.78 is 48.1. The number of hydrogen-bond donors (Lipinski definition) is 1. The van der Waals surface area contributed by atoms with Gasteiger partial charge in [-0.15, -0.1) is 0 Å². The van der Waals surface area contributed by atoms with E-state index in [0.29, 0.717) is 52.8 Å². The van der Waals surface area contributed by atoms with Crippen LogP contribution in [0.2, 0.25) is 0 Å². The number of fused-ring (bicyclic) bond motifs is 3. The van der Waals surface area contributed by atoms with E-state index in [0.717, 1.165) is 18.7 Å². The molecule has 10 heteroatoms. The Morgan fingerprint density at radius 1 is 0.853 bits per heavy atom. The summed E-state index contributed by atoms with van der Waals surface area (Å²) in [4.78, 5) is 2.11. The Labute approximate surface area is 200 Å². The first-order valence-corrected chi connectivity index (χ1v) is 12.0. The third-order valence-corrected chi connectivity index (χ3v) is 6.18. The van der Waals surface area contributed by atoms with Crippen molar-refractivity contribution in [1.29, 1.82) is 0 Å². The predicted octanol–water partition coefficient (Wildman–Crippen LogP) is 0.583. The van der Waals surface area contributed by atoms with Crippen molar-refractivity contribution in [2.75, 3.05) is 79.6 Å². The van der Waals surface area contributed by atoms with Crippen LogP contribution in [0.1, 0.15) is 11.9 Å². The number of β-amino-alcohol motifs (C(OH)–C–C–N with tert-alkyl or cyclic N) is 1. The van der Waals surface area contributed by atoms with Crippen molar-refractivity contribution in [3.05, 3.63) is 35.9 Å². The largest absolute Gasteiger partial charge is 0.395 e. The Bertz CT molecular complexity index is 696. The Balaban J connectivity index is 1.44. The van der Waals surface area contributed by atoms with Crippen molar-refractivity contribution in [2.24, 2.45) is 0 Å². The van der Waals surface area contributed by atoms with Crippen molar-refractivity contribution >= 4 is 0 Å². The highest BCUT2D eigenvalue weighted by Gasteiger charge is 2.51. The lowest BCUT2D eigenvalue weighted by atomic mass is 9.97. The molecule has 4 rings (SSSR count). The van der Waals surface area contributed by atoms with E-state index in [4.69, 9.17) is 37.9 Å². The number of methoxy groups -OCH3 is 1. The lowest BCUT2D eigenvalue weighted by molar-refractivity contribution is -0.368. The second-order valence-electron chi connectivity index (χ2n) is 8.42. The van der Waals surface area contributed by atoms with Crippen LogP contribution in [-0.4, -0.2) is 120 Å². The van der Waals surface area contributed by atoms with Crippen LogP contribution >= 0.6 is 0 Å². The number of nitrogens with zero attached hydrogens (tertiary/aromatic N) is 1. The van der Waals surface area contributed by atoms with Crippen molar-refractivity contribution in [1.82, 2.24) is 4.90 Å². The number of aliphatic hydroxyl groups excluding tert-OH is 1. The van der Waals surface area contributed by atoms with Crippen LogP contribution in [0.3, 0.4) is 0 Å². The highest BCUT2D eigenvalue weighted by Crippen LogP contribution is 2.36. The molecule has 0 saturated carbocycles. The summed E-state index contributed by atoms with van der Waals surface area (Å²) in [5.41, 5.74) is 0.939. The normalized spacial score (nSPS) is 34.9. The summed E-state index contributed by atoms with van der Waals surface area (Å²) >= 11 is 0. The summed E-state index contributed by atoms with van der Waals surface area (Å²) in [6.45, 7) is 5.16. The van der Waals surface area contributed by atoms with E-state index in [2.05, 4.69) is 4.90 Å². The van der Waals surface area contributed by atoms with Gasteiger partial charge < -0.3 is 43.0 Å². The molecule has 0 amide bonds. The first kappa shape index (κ1) is 25.9. The van der Waals surface area contributed by atoms with E-state index in [1.165, 1.54) is 0 Å². The molecular weight excluding hydrogens is 446 g/mol. The molecule has 3 fully saturated rings. The van der Waals surface area contributed by atoms with Gasteiger partial charge in [-0.25, -0.2) is 0 Å². The molecule has 34 heavy (non-hydrogen) atoms. The number of ether oxygens (including phenoxy) is 8. The van der Waals surface area contributed by atoms with Gasteiger partial charge in [0.25, 0.3) is 0 Å². The van der Waals surface area contributed by atoms with Crippen molar-refractivity contribution < 1.29 is 43.0 Å². The molecule has 3 aliphatic heterocycles. The number of benzene rings is 1. The molecule has 0 spiro atoms. The fourth-order valence-electron chi connectivity index (χ4n) is 4.44. The number of rotatable bonds is 4. The molecule has 0 bridgehead atoms. The maximum atomic E-state index is 9.27. The second-order valence-corrected chi connectivity index (χ2v) is 8.42. The average Bonchev–Trinajstić information content (AvgIpc) is 2.88. The molecule has 0 unspecified atom stereocenters. The number of hydrogen-bond acceptors (Lipinski definition) is 10. The standard InChI is InChI=1S/C24H37NO9/c1-27-24-22-21(20-19(33-24)17-32-23(34-20)18-5-3-2-4-6-18)30-15-13-28-11-8-25(7-10-26)9-12-29-14-16-31-22/h2-6,19-24,26H,7-17H2,1H3/t19-,20-,21+,22-,23-,24+/m1/s1. The first-order chi connectivity index (χ1) is 16.8. The molecule has 192 valence electrons. The van der Waals surface area contributed by atoms with Crippen molar-refractivity contribution in [3.63, 3.8) is 0 Å². The van der Waals surface area contributed by atoms with Crippen LogP contribution in [0.5, 0.6) is 0 Å². The Kier molecular flexibility index (Phi) is 10.5. The lowest BCUT2D eigenvalue weighted by Gasteiger charge is -2.48. The summed E-state index contributed by atoms with van der Waals surface area (Å²) in [5, 5.41) is 9.27. The average molecular weight is 484 g/mol. The van der Waals surface area contributed by atoms with Crippen LogP contribution in [0.25, 0.3) is 0 Å². The zero-order valence-electron chi connectivity index (χ0n) is 19.8.